The van der Waals surface area contributed by atoms with Crippen molar-refractivity contribution in [2.75, 3.05) is 5.88 Å². The molecule has 3 N–H and O–H groups in total. The Morgan fingerprint density at radius 2 is 1.58 bits per heavy atom. The van der Waals surface area contributed by atoms with Crippen molar-refractivity contribution in [2.45, 2.75) is 13.0 Å². The molecule has 0 heterocycles. The molecule has 7 heteroatoms. The van der Waals surface area contributed by atoms with E-state index in [4.69, 9.17) is 31.4 Å². The first kappa shape index (κ1) is 16.9. The predicted molar refractivity (Wildman–Crippen MR) is 68.9 cm³/mol. The van der Waals surface area contributed by atoms with Gasteiger partial charge < -0.3 is 15.5 Å². The van der Waals surface area contributed by atoms with Crippen LogP contribution in [0, 0.1) is 0 Å². The van der Waals surface area contributed by atoms with Gasteiger partial charge in [-0.1, -0.05) is 30.3 Å². The lowest BCUT2D eigenvalue weighted by Crippen LogP contribution is -2.22. The molecule has 0 aromatic heterocycles. The number of nitrogens with one attached hydrogen (secondary N) is 1. The van der Waals surface area contributed by atoms with E-state index < -0.39 is 11.9 Å². The van der Waals surface area contributed by atoms with Crippen molar-refractivity contribution in [3.8, 4) is 0 Å². The number of carboxylic acids is 2. The maximum absolute atomic E-state index is 11.0. The molecule has 0 saturated carbocycles. The summed E-state index contributed by atoms with van der Waals surface area (Å²) in [6.07, 6.45) is 0.383. The van der Waals surface area contributed by atoms with Gasteiger partial charge in [-0.05, 0) is 5.56 Å². The molecule has 1 aromatic carbocycles. The minimum Gasteiger partial charge on any atom is -0.473 e. The fraction of sp³-hybridized carbons (Fsp3) is 0.250. The Kier molecular flexibility index (Phi) is 8.82. The molecule has 1 aromatic rings. The average Bonchev–Trinajstić information content (AvgIpc) is 2.38. The van der Waals surface area contributed by atoms with Crippen molar-refractivity contribution in [3.63, 3.8) is 0 Å². The van der Waals surface area contributed by atoms with E-state index in [0.717, 1.165) is 5.56 Å². The molecule has 0 radical (unpaired) electrons. The van der Waals surface area contributed by atoms with E-state index in [9.17, 15) is 4.79 Å². The van der Waals surface area contributed by atoms with Crippen LogP contribution in [0.3, 0.4) is 0 Å². The first-order valence-corrected chi connectivity index (χ1v) is 5.83. The van der Waals surface area contributed by atoms with E-state index >= 15 is 0 Å². The second kappa shape index (κ2) is 9.90. The molecule has 0 saturated heterocycles. The number of hydrogen-bond acceptors (Lipinski definition) is 3. The van der Waals surface area contributed by atoms with E-state index in [1.165, 1.54) is 0 Å². The molecule has 1 rings (SSSR count). The van der Waals surface area contributed by atoms with E-state index in [1.807, 2.05) is 30.3 Å². The van der Waals surface area contributed by atoms with Crippen molar-refractivity contribution in [2.24, 2.45) is 0 Å². The topological polar surface area (TPSA) is 104 Å². The first-order chi connectivity index (χ1) is 8.97. The zero-order valence-corrected chi connectivity index (χ0v) is 10.8. The molecule has 0 aliphatic rings. The number of aliphatic carboxylic acids is 2. The minimum atomic E-state index is -1.82. The van der Waals surface area contributed by atoms with Crippen LogP contribution in [0.2, 0.25) is 0 Å². The number of benzene rings is 1. The summed E-state index contributed by atoms with van der Waals surface area (Å²) in [6, 6.07) is 9.79. The fourth-order valence-corrected chi connectivity index (χ4v) is 1.14. The molecule has 0 bridgehead atoms. The quantitative estimate of drug-likeness (QED) is 0.568. The maximum atomic E-state index is 11.0. The van der Waals surface area contributed by atoms with Gasteiger partial charge in [-0.2, -0.15) is 0 Å². The molecule has 6 nitrogen and oxygen atoms in total. The number of rotatable bonds is 4. The molecule has 0 aliphatic carbocycles. The third-order valence-corrected chi connectivity index (χ3v) is 2.03. The van der Waals surface area contributed by atoms with Crippen LogP contribution in [0.25, 0.3) is 0 Å². The molecule has 0 fully saturated rings. The van der Waals surface area contributed by atoms with Gasteiger partial charge in [0.1, 0.15) is 0 Å². The Hall–Kier alpha value is -2.08. The summed E-state index contributed by atoms with van der Waals surface area (Å²) in [6.45, 7) is 0.580. The molecule has 0 spiro atoms. The monoisotopic (exact) mass is 287 g/mol. The highest BCUT2D eigenvalue weighted by Gasteiger charge is 2.04. The third-order valence-electron chi connectivity index (χ3n) is 1.84. The van der Waals surface area contributed by atoms with Crippen molar-refractivity contribution in [1.29, 1.82) is 0 Å². The molecule has 104 valence electrons. The Balaban J connectivity index is 0.000000459. The first-order valence-electron chi connectivity index (χ1n) is 5.30. The smallest absolute Gasteiger partial charge is 0.414 e. The summed E-state index contributed by atoms with van der Waals surface area (Å²) in [4.78, 5) is 29.2. The van der Waals surface area contributed by atoms with Crippen LogP contribution in [-0.4, -0.2) is 33.9 Å². The van der Waals surface area contributed by atoms with Crippen molar-refractivity contribution in [3.05, 3.63) is 35.9 Å². The lowest BCUT2D eigenvalue weighted by molar-refractivity contribution is -0.159. The number of carbonyl (C=O) groups is 3. The lowest BCUT2D eigenvalue weighted by atomic mass is 10.2. The van der Waals surface area contributed by atoms with Gasteiger partial charge in [0, 0.05) is 18.8 Å². The van der Waals surface area contributed by atoms with Crippen LogP contribution in [0.15, 0.2) is 30.3 Å². The van der Waals surface area contributed by atoms with E-state index in [-0.39, 0.29) is 5.91 Å². The minimum absolute atomic E-state index is 0.00106. The second-order valence-corrected chi connectivity index (χ2v) is 3.69. The molecular weight excluding hydrogens is 274 g/mol. The van der Waals surface area contributed by atoms with Crippen molar-refractivity contribution >= 4 is 29.4 Å². The number of amides is 1. The van der Waals surface area contributed by atoms with Crippen LogP contribution in [0.1, 0.15) is 12.0 Å². The average molecular weight is 288 g/mol. The Bertz CT molecular complexity index is 409. The molecule has 19 heavy (non-hydrogen) atoms. The predicted octanol–water partition coefficient (Wildman–Crippen LogP) is 1.09. The third kappa shape index (κ3) is 9.61. The number of hydrogen-bond donors (Lipinski definition) is 3. The largest absolute Gasteiger partial charge is 0.473 e. The Morgan fingerprint density at radius 1 is 1.05 bits per heavy atom. The van der Waals surface area contributed by atoms with E-state index in [2.05, 4.69) is 5.32 Å². The van der Waals surface area contributed by atoms with Crippen molar-refractivity contribution in [1.82, 2.24) is 5.32 Å². The molecule has 0 aliphatic heterocycles. The summed E-state index contributed by atoms with van der Waals surface area (Å²) < 4.78 is 0. The van der Waals surface area contributed by atoms with Gasteiger partial charge in [-0.3, -0.25) is 4.79 Å². The highest BCUT2D eigenvalue weighted by molar-refractivity contribution is 6.27. The second-order valence-electron chi connectivity index (χ2n) is 3.31. The molecule has 0 unspecified atom stereocenters. The number of alkyl halides is 1. The van der Waals surface area contributed by atoms with Crippen LogP contribution in [0.5, 0.6) is 0 Å². The molecule has 1 amide bonds. The summed E-state index contributed by atoms with van der Waals surface area (Å²) >= 11 is 5.42. The van der Waals surface area contributed by atoms with Gasteiger partial charge in [-0.25, -0.2) is 9.59 Å². The molecular formula is C12H14ClNO5. The van der Waals surface area contributed by atoms with Gasteiger partial charge in [0.2, 0.25) is 5.91 Å². The van der Waals surface area contributed by atoms with Crippen LogP contribution in [-0.2, 0) is 20.9 Å². The van der Waals surface area contributed by atoms with Crippen LogP contribution < -0.4 is 5.32 Å². The zero-order chi connectivity index (χ0) is 14.7. The lowest BCUT2D eigenvalue weighted by Gasteiger charge is -2.02. The Labute approximate surface area is 115 Å². The standard InChI is InChI=1S/C10H12ClNO.C2H2O4/c11-7-6-10(13)12-8-9-4-2-1-3-5-9;3-1(4)2(5)6/h1-5H,6-8H2,(H,12,13);(H,3,4)(H,5,6). The van der Waals surface area contributed by atoms with E-state index in [1.54, 1.807) is 0 Å². The zero-order valence-electron chi connectivity index (χ0n) is 10.0. The number of carboxylic acid groups (broad SMARTS) is 2. The van der Waals surface area contributed by atoms with Gasteiger partial charge in [0.25, 0.3) is 0 Å². The summed E-state index contributed by atoms with van der Waals surface area (Å²) in [5.41, 5.74) is 1.10. The number of carbonyl (C=O) groups excluding carboxylic acids is 1. The highest BCUT2D eigenvalue weighted by atomic mass is 35.5. The van der Waals surface area contributed by atoms with Gasteiger partial charge in [0.15, 0.2) is 0 Å². The number of halogens is 1. The van der Waals surface area contributed by atoms with Gasteiger partial charge in [-0.15, -0.1) is 11.6 Å². The Morgan fingerprint density at radius 3 is 2.00 bits per heavy atom. The summed E-state index contributed by atoms with van der Waals surface area (Å²) in [7, 11) is 0. The molecule has 0 atom stereocenters. The normalized spacial score (nSPS) is 8.89. The van der Waals surface area contributed by atoms with Crippen LogP contribution in [0.4, 0.5) is 0 Å². The SMILES string of the molecule is O=C(CCCl)NCc1ccccc1.O=C(O)C(=O)O. The van der Waals surface area contributed by atoms with Crippen LogP contribution >= 0.6 is 11.6 Å². The van der Waals surface area contributed by atoms with E-state index in [0.29, 0.717) is 18.8 Å². The van der Waals surface area contributed by atoms with Crippen molar-refractivity contribution < 1.29 is 24.6 Å². The van der Waals surface area contributed by atoms with Gasteiger partial charge >= 0.3 is 11.9 Å². The summed E-state index contributed by atoms with van der Waals surface area (Å²) in [5, 5.41) is 17.6. The maximum Gasteiger partial charge on any atom is 0.414 e. The summed E-state index contributed by atoms with van der Waals surface area (Å²) in [5.74, 6) is -3.27. The fourth-order valence-electron chi connectivity index (χ4n) is 0.971. The van der Waals surface area contributed by atoms with Gasteiger partial charge in [0.05, 0.1) is 0 Å². The highest BCUT2D eigenvalue weighted by Crippen LogP contribution is 1.97.